The smallest absolute Gasteiger partial charge is 0.347 e. The highest BCUT2D eigenvalue weighted by atomic mass is 17.1. The average Bonchev–Trinajstić information content (AvgIpc) is 2.35. The van der Waals surface area contributed by atoms with Crippen LogP contribution in [0.5, 0.6) is 0 Å². The molecular formula is C14H24O6. The second-order valence-corrected chi connectivity index (χ2v) is 6.08. The van der Waals surface area contributed by atoms with Crippen molar-refractivity contribution >= 4 is 17.7 Å². The zero-order chi connectivity index (χ0) is 16.1. The molecule has 0 aliphatic carbocycles. The summed E-state index contributed by atoms with van der Waals surface area (Å²) in [5, 5.41) is 8.40. The van der Waals surface area contributed by atoms with Gasteiger partial charge in [0, 0.05) is 6.42 Å². The molecule has 6 heteroatoms. The molecule has 0 bridgehead atoms. The molecule has 0 rings (SSSR count). The molecule has 1 atom stereocenters. The van der Waals surface area contributed by atoms with Crippen LogP contribution in [0, 0.1) is 10.8 Å². The lowest BCUT2D eigenvalue weighted by Gasteiger charge is -2.27. The first-order valence-electron chi connectivity index (χ1n) is 6.59. The first-order valence-corrected chi connectivity index (χ1v) is 6.59. The van der Waals surface area contributed by atoms with Crippen molar-refractivity contribution in [3.63, 3.8) is 0 Å². The second kappa shape index (κ2) is 6.83. The van der Waals surface area contributed by atoms with E-state index in [9.17, 15) is 14.4 Å². The molecule has 0 aliphatic heterocycles. The third kappa shape index (κ3) is 4.59. The van der Waals surface area contributed by atoms with Crippen LogP contribution in [0.15, 0.2) is 0 Å². The third-order valence-electron chi connectivity index (χ3n) is 3.27. The van der Waals surface area contributed by atoms with Crippen molar-refractivity contribution in [2.75, 3.05) is 0 Å². The van der Waals surface area contributed by atoms with Crippen LogP contribution in [0.1, 0.15) is 54.4 Å². The fraction of sp³-hybridized carbons (Fsp3) is 0.786. The zero-order valence-corrected chi connectivity index (χ0v) is 13.0. The maximum Gasteiger partial charge on any atom is 0.347 e. The maximum absolute atomic E-state index is 12.0. The van der Waals surface area contributed by atoms with Crippen LogP contribution in [0.3, 0.4) is 0 Å². The molecule has 0 aromatic heterocycles. The number of rotatable bonds is 7. The molecule has 1 unspecified atom stereocenters. The van der Waals surface area contributed by atoms with E-state index >= 15 is 0 Å². The Kier molecular flexibility index (Phi) is 6.34. The molecule has 20 heavy (non-hydrogen) atoms. The third-order valence-corrected chi connectivity index (χ3v) is 3.27. The standard InChI is InChI=1S/C14H24O6/c1-7-10(15)14(5,6)12(17)19-9(2)8-13(3,4)11(16)20-18/h9,18H,7-8H2,1-6H3. The molecule has 0 fully saturated rings. The van der Waals surface area contributed by atoms with E-state index in [-0.39, 0.29) is 18.6 Å². The number of esters is 1. The Balaban J connectivity index is 4.70. The van der Waals surface area contributed by atoms with E-state index in [4.69, 9.17) is 9.99 Å². The zero-order valence-electron chi connectivity index (χ0n) is 13.0. The highest BCUT2D eigenvalue weighted by Crippen LogP contribution is 2.27. The number of carbonyl (C=O) groups is 3. The summed E-state index contributed by atoms with van der Waals surface area (Å²) in [5.74, 6) is -1.63. The van der Waals surface area contributed by atoms with E-state index in [0.717, 1.165) is 0 Å². The molecule has 0 saturated carbocycles. The van der Waals surface area contributed by atoms with Crippen LogP contribution in [0.25, 0.3) is 0 Å². The van der Waals surface area contributed by atoms with Gasteiger partial charge < -0.3 is 9.62 Å². The van der Waals surface area contributed by atoms with Crippen molar-refractivity contribution in [1.29, 1.82) is 0 Å². The highest BCUT2D eigenvalue weighted by Gasteiger charge is 2.39. The van der Waals surface area contributed by atoms with Crippen molar-refractivity contribution < 1.29 is 29.3 Å². The monoisotopic (exact) mass is 288 g/mol. The molecule has 0 aromatic carbocycles. The normalized spacial score (nSPS) is 13.6. The number of ether oxygens (including phenoxy) is 1. The van der Waals surface area contributed by atoms with E-state index < -0.39 is 28.9 Å². The Morgan fingerprint density at radius 1 is 1.10 bits per heavy atom. The minimum absolute atomic E-state index is 0.175. The predicted molar refractivity (Wildman–Crippen MR) is 71.8 cm³/mol. The Hall–Kier alpha value is -1.43. The first-order chi connectivity index (χ1) is 8.98. The number of Topliss-reactive ketones (excluding diaryl/α,β-unsaturated/α-hetero) is 1. The van der Waals surface area contributed by atoms with E-state index in [2.05, 4.69) is 4.89 Å². The Bertz CT molecular complexity index is 383. The Morgan fingerprint density at radius 3 is 2.00 bits per heavy atom. The largest absolute Gasteiger partial charge is 0.462 e. The minimum Gasteiger partial charge on any atom is -0.462 e. The highest BCUT2D eigenvalue weighted by molar-refractivity contribution is 6.02. The predicted octanol–water partition coefficient (Wildman–Crippen LogP) is 2.36. The minimum atomic E-state index is -1.20. The van der Waals surface area contributed by atoms with Gasteiger partial charge in [-0.25, -0.2) is 4.79 Å². The van der Waals surface area contributed by atoms with Gasteiger partial charge in [0.25, 0.3) is 0 Å². The van der Waals surface area contributed by atoms with Crippen LogP contribution >= 0.6 is 0 Å². The molecule has 0 heterocycles. The molecule has 1 N–H and O–H groups in total. The van der Waals surface area contributed by atoms with Crippen molar-refractivity contribution in [3.8, 4) is 0 Å². The van der Waals surface area contributed by atoms with Gasteiger partial charge in [-0.15, -0.1) is 0 Å². The number of hydrogen-bond acceptors (Lipinski definition) is 6. The summed E-state index contributed by atoms with van der Waals surface area (Å²) in [7, 11) is 0. The maximum atomic E-state index is 12.0. The molecule has 0 spiro atoms. The van der Waals surface area contributed by atoms with Crippen molar-refractivity contribution in [2.24, 2.45) is 10.8 Å². The summed E-state index contributed by atoms with van der Waals surface area (Å²) in [6, 6.07) is 0. The van der Waals surface area contributed by atoms with Gasteiger partial charge in [-0.3, -0.25) is 9.59 Å². The van der Waals surface area contributed by atoms with Gasteiger partial charge >= 0.3 is 11.9 Å². The van der Waals surface area contributed by atoms with Gasteiger partial charge in [-0.05, 0) is 41.0 Å². The Morgan fingerprint density at radius 2 is 1.60 bits per heavy atom. The summed E-state index contributed by atoms with van der Waals surface area (Å²) in [6.45, 7) is 9.47. The van der Waals surface area contributed by atoms with E-state index in [0.29, 0.717) is 0 Å². The molecule has 6 nitrogen and oxygen atoms in total. The quantitative estimate of drug-likeness (QED) is 0.335. The number of ketones is 1. The van der Waals surface area contributed by atoms with Crippen molar-refractivity contribution in [2.45, 2.75) is 60.5 Å². The van der Waals surface area contributed by atoms with Gasteiger partial charge in [-0.2, -0.15) is 5.26 Å². The fourth-order valence-electron chi connectivity index (χ4n) is 1.85. The van der Waals surface area contributed by atoms with E-state index in [1.54, 1.807) is 27.7 Å². The van der Waals surface area contributed by atoms with Gasteiger partial charge in [-0.1, -0.05) is 6.92 Å². The molecule has 0 amide bonds. The van der Waals surface area contributed by atoms with Crippen LogP contribution in [0.4, 0.5) is 0 Å². The molecule has 0 aliphatic rings. The summed E-state index contributed by atoms with van der Waals surface area (Å²) < 4.78 is 5.22. The van der Waals surface area contributed by atoms with E-state index in [1.165, 1.54) is 13.8 Å². The molecular weight excluding hydrogens is 264 g/mol. The van der Waals surface area contributed by atoms with Gasteiger partial charge in [0.1, 0.15) is 17.3 Å². The molecule has 116 valence electrons. The van der Waals surface area contributed by atoms with Gasteiger partial charge in [0.15, 0.2) is 0 Å². The lowest BCUT2D eigenvalue weighted by atomic mass is 9.85. The number of hydrogen-bond donors (Lipinski definition) is 1. The summed E-state index contributed by atoms with van der Waals surface area (Å²) in [6.07, 6.45) is -0.159. The summed E-state index contributed by atoms with van der Waals surface area (Å²) in [4.78, 5) is 38.7. The van der Waals surface area contributed by atoms with Crippen LogP contribution in [-0.2, 0) is 24.0 Å². The second-order valence-electron chi connectivity index (χ2n) is 6.08. The summed E-state index contributed by atoms with van der Waals surface area (Å²) >= 11 is 0. The average molecular weight is 288 g/mol. The lowest BCUT2D eigenvalue weighted by molar-refractivity contribution is -0.245. The SMILES string of the molecule is CCC(=O)C(C)(C)C(=O)OC(C)CC(C)(C)C(=O)OO. The van der Waals surface area contributed by atoms with E-state index in [1.807, 2.05) is 0 Å². The fourth-order valence-corrected chi connectivity index (χ4v) is 1.85. The van der Waals surface area contributed by atoms with Crippen LogP contribution < -0.4 is 0 Å². The van der Waals surface area contributed by atoms with Crippen molar-refractivity contribution in [3.05, 3.63) is 0 Å². The summed E-state index contributed by atoms with van der Waals surface area (Å²) in [5.41, 5.74) is -2.20. The first kappa shape index (κ1) is 18.6. The molecule has 0 aromatic rings. The Labute approximate surface area is 119 Å². The van der Waals surface area contributed by atoms with Crippen molar-refractivity contribution in [1.82, 2.24) is 0 Å². The van der Waals surface area contributed by atoms with Gasteiger partial charge in [0.05, 0.1) is 5.41 Å². The van der Waals surface area contributed by atoms with Gasteiger partial charge in [0.2, 0.25) is 0 Å². The topological polar surface area (TPSA) is 89.9 Å². The molecule has 0 saturated heterocycles. The molecule has 0 radical (unpaired) electrons. The van der Waals surface area contributed by atoms with Crippen LogP contribution in [0.2, 0.25) is 0 Å². The van der Waals surface area contributed by atoms with Crippen LogP contribution in [-0.4, -0.2) is 29.1 Å². The lowest BCUT2D eigenvalue weighted by Crippen LogP contribution is -2.38. The number of carbonyl (C=O) groups excluding carboxylic acids is 3.